The lowest BCUT2D eigenvalue weighted by molar-refractivity contribution is -0.159. The molecule has 180 valence electrons. The van der Waals surface area contributed by atoms with E-state index in [1.54, 1.807) is 43.6 Å². The van der Waals surface area contributed by atoms with Crippen molar-refractivity contribution in [2.24, 2.45) is 0 Å². The number of H-pyrrole nitrogens is 2. The molecule has 0 saturated heterocycles. The number of aryl methyl sites for hydroxylation is 2. The molecule has 0 bridgehead atoms. The third-order valence-electron chi connectivity index (χ3n) is 6.17. The number of hydrogen-bond donors (Lipinski definition) is 3. The van der Waals surface area contributed by atoms with Crippen LogP contribution in [0.4, 0.5) is 5.69 Å². The fraction of sp³-hybridized carbons (Fsp3) is 0.231. The average Bonchev–Trinajstić information content (AvgIpc) is 3.46. The van der Waals surface area contributed by atoms with Crippen molar-refractivity contribution in [3.63, 3.8) is 0 Å². The van der Waals surface area contributed by atoms with E-state index in [2.05, 4.69) is 15.3 Å². The summed E-state index contributed by atoms with van der Waals surface area (Å²) in [7, 11) is 0. The standard InChI is InChI=1S/C26H24ClN3O5/c1-14-16(3-7-24(32)35-25(33)8-4-17-12-29-23(13-31)15(17)2)11-28-21(14)10-20-19-6-5-18(27)9-22(19)30-26(20)34/h5-6,9-13,28-29H,3-4,7-8H2,1-2H3,(H,30,34). The van der Waals surface area contributed by atoms with Crippen LogP contribution in [0.25, 0.3) is 11.6 Å². The number of benzene rings is 1. The maximum absolute atomic E-state index is 12.4. The number of nitrogens with one attached hydrogen (secondary N) is 3. The lowest BCUT2D eigenvalue weighted by atomic mass is 10.0. The average molecular weight is 494 g/mol. The second-order valence-corrected chi connectivity index (χ2v) is 8.81. The zero-order valence-corrected chi connectivity index (χ0v) is 20.0. The molecule has 3 aromatic rings. The Hall–Kier alpha value is -3.91. The Morgan fingerprint density at radius 1 is 0.971 bits per heavy atom. The van der Waals surface area contributed by atoms with Gasteiger partial charge in [-0.25, -0.2) is 0 Å². The van der Waals surface area contributed by atoms with Crippen LogP contribution in [0.3, 0.4) is 0 Å². The van der Waals surface area contributed by atoms with Crippen LogP contribution in [-0.2, 0) is 32.0 Å². The molecule has 0 fully saturated rings. The Morgan fingerprint density at radius 2 is 1.57 bits per heavy atom. The zero-order chi connectivity index (χ0) is 25.1. The highest BCUT2D eigenvalue weighted by Crippen LogP contribution is 2.35. The predicted molar refractivity (Wildman–Crippen MR) is 132 cm³/mol. The highest BCUT2D eigenvalue weighted by molar-refractivity contribution is 6.36. The summed E-state index contributed by atoms with van der Waals surface area (Å²) in [5.74, 6) is -1.42. The molecule has 35 heavy (non-hydrogen) atoms. The minimum absolute atomic E-state index is 0.0401. The second-order valence-electron chi connectivity index (χ2n) is 8.37. The molecule has 1 aliphatic heterocycles. The Balaban J connectivity index is 1.33. The smallest absolute Gasteiger partial charge is 0.313 e. The van der Waals surface area contributed by atoms with Crippen LogP contribution in [-0.4, -0.2) is 34.1 Å². The van der Waals surface area contributed by atoms with Gasteiger partial charge in [0.25, 0.3) is 5.91 Å². The summed E-state index contributed by atoms with van der Waals surface area (Å²) in [4.78, 5) is 53.6. The van der Waals surface area contributed by atoms with Crippen LogP contribution < -0.4 is 5.32 Å². The summed E-state index contributed by atoms with van der Waals surface area (Å²) in [6.45, 7) is 3.69. The largest absolute Gasteiger partial charge is 0.393 e. The number of rotatable bonds is 8. The molecule has 1 aromatic carbocycles. The molecular weight excluding hydrogens is 470 g/mol. The van der Waals surface area contributed by atoms with Gasteiger partial charge in [0.05, 0.1) is 29.8 Å². The van der Waals surface area contributed by atoms with Gasteiger partial charge in [-0.1, -0.05) is 17.7 Å². The van der Waals surface area contributed by atoms with Crippen LogP contribution in [0, 0.1) is 13.8 Å². The highest BCUT2D eigenvalue weighted by Gasteiger charge is 2.25. The first kappa shape index (κ1) is 24.2. The number of halogens is 1. The molecule has 1 amide bonds. The van der Waals surface area contributed by atoms with Gasteiger partial charge in [-0.3, -0.25) is 19.2 Å². The molecular formula is C26H24ClN3O5. The summed E-state index contributed by atoms with van der Waals surface area (Å²) in [5.41, 5.74) is 6.61. The van der Waals surface area contributed by atoms with E-state index in [-0.39, 0.29) is 18.7 Å². The molecule has 0 saturated carbocycles. The summed E-state index contributed by atoms with van der Waals surface area (Å²) >= 11 is 6.01. The molecule has 0 spiro atoms. The van der Waals surface area contributed by atoms with E-state index in [9.17, 15) is 19.2 Å². The van der Waals surface area contributed by atoms with Crippen molar-refractivity contribution >= 4 is 53.1 Å². The minimum Gasteiger partial charge on any atom is -0.393 e. The molecule has 3 N–H and O–H groups in total. The maximum atomic E-state index is 12.4. The van der Waals surface area contributed by atoms with E-state index >= 15 is 0 Å². The number of anilines is 1. The number of fused-ring (bicyclic) bond motifs is 1. The third-order valence-corrected chi connectivity index (χ3v) is 6.41. The van der Waals surface area contributed by atoms with E-state index in [0.29, 0.717) is 34.8 Å². The van der Waals surface area contributed by atoms with Crippen LogP contribution in [0.1, 0.15) is 56.8 Å². The van der Waals surface area contributed by atoms with Crippen LogP contribution >= 0.6 is 11.6 Å². The normalized spacial score (nSPS) is 13.6. The van der Waals surface area contributed by atoms with E-state index in [4.69, 9.17) is 16.3 Å². The van der Waals surface area contributed by atoms with Gasteiger partial charge in [-0.15, -0.1) is 0 Å². The molecule has 0 radical (unpaired) electrons. The fourth-order valence-corrected chi connectivity index (χ4v) is 4.23. The molecule has 0 aliphatic carbocycles. The van der Waals surface area contributed by atoms with Crippen LogP contribution in [0.15, 0.2) is 30.6 Å². The van der Waals surface area contributed by atoms with Gasteiger partial charge < -0.3 is 20.0 Å². The molecule has 2 aromatic heterocycles. The molecule has 1 aliphatic rings. The number of aldehydes is 1. The quantitative estimate of drug-likeness (QED) is 0.184. The summed E-state index contributed by atoms with van der Waals surface area (Å²) in [6.07, 6.45) is 6.80. The van der Waals surface area contributed by atoms with Crippen molar-refractivity contribution in [2.75, 3.05) is 5.32 Å². The molecule has 0 unspecified atom stereocenters. The number of hydrogen-bond acceptors (Lipinski definition) is 5. The number of esters is 2. The summed E-state index contributed by atoms with van der Waals surface area (Å²) < 4.78 is 4.94. The number of amides is 1. The van der Waals surface area contributed by atoms with Gasteiger partial charge in [0, 0.05) is 28.7 Å². The van der Waals surface area contributed by atoms with Crippen LogP contribution in [0.2, 0.25) is 5.02 Å². The van der Waals surface area contributed by atoms with Crippen molar-refractivity contribution in [1.29, 1.82) is 0 Å². The first-order valence-electron chi connectivity index (χ1n) is 11.1. The third kappa shape index (κ3) is 5.27. The first-order chi connectivity index (χ1) is 16.8. The van der Waals surface area contributed by atoms with Crippen molar-refractivity contribution in [1.82, 2.24) is 9.97 Å². The number of carbonyl (C=O) groups excluding carboxylic acids is 4. The minimum atomic E-state index is -0.606. The number of aromatic amines is 2. The van der Waals surface area contributed by atoms with Gasteiger partial charge >= 0.3 is 11.9 Å². The summed E-state index contributed by atoms with van der Waals surface area (Å²) in [6, 6.07) is 5.24. The van der Waals surface area contributed by atoms with Crippen molar-refractivity contribution in [3.05, 3.63) is 74.8 Å². The molecule has 3 heterocycles. The zero-order valence-electron chi connectivity index (χ0n) is 19.3. The van der Waals surface area contributed by atoms with E-state index in [1.165, 1.54) is 0 Å². The SMILES string of the molecule is Cc1c(CCC(=O)OC(=O)CCc2c[nH]c(C=C3C(=O)Nc4cc(Cl)ccc43)c2C)c[nH]c1C=O. The van der Waals surface area contributed by atoms with Crippen molar-refractivity contribution in [2.45, 2.75) is 39.5 Å². The molecule has 0 atom stereocenters. The molecule has 4 rings (SSSR count). The Kier molecular flexibility index (Phi) is 7.02. The Morgan fingerprint density at radius 3 is 2.17 bits per heavy atom. The number of aromatic nitrogens is 2. The van der Waals surface area contributed by atoms with Crippen molar-refractivity contribution < 1.29 is 23.9 Å². The fourth-order valence-electron chi connectivity index (χ4n) is 4.06. The van der Waals surface area contributed by atoms with E-state index in [0.717, 1.165) is 39.8 Å². The highest BCUT2D eigenvalue weighted by atomic mass is 35.5. The van der Waals surface area contributed by atoms with Gasteiger partial charge in [-0.2, -0.15) is 0 Å². The monoisotopic (exact) mass is 493 g/mol. The lowest BCUT2D eigenvalue weighted by Gasteiger charge is -2.04. The van der Waals surface area contributed by atoms with Gasteiger partial charge in [0.2, 0.25) is 0 Å². The number of ether oxygens (including phenoxy) is 1. The number of carbonyl (C=O) groups is 4. The van der Waals surface area contributed by atoms with Crippen molar-refractivity contribution in [3.8, 4) is 0 Å². The van der Waals surface area contributed by atoms with Gasteiger partial charge in [0.15, 0.2) is 6.29 Å². The van der Waals surface area contributed by atoms with Gasteiger partial charge in [0.1, 0.15) is 0 Å². The molecule has 8 nitrogen and oxygen atoms in total. The predicted octanol–water partition coefficient (Wildman–Crippen LogP) is 4.55. The van der Waals surface area contributed by atoms with E-state index in [1.807, 2.05) is 6.92 Å². The van der Waals surface area contributed by atoms with Gasteiger partial charge in [-0.05, 0) is 67.2 Å². The molecule has 9 heteroatoms. The maximum Gasteiger partial charge on any atom is 0.313 e. The Labute approximate surface area is 206 Å². The summed E-state index contributed by atoms with van der Waals surface area (Å²) in [5, 5.41) is 3.35. The van der Waals surface area contributed by atoms with E-state index < -0.39 is 11.9 Å². The lowest BCUT2D eigenvalue weighted by Crippen LogP contribution is -2.13. The topological polar surface area (TPSA) is 121 Å². The second kappa shape index (κ2) is 10.1. The first-order valence-corrected chi connectivity index (χ1v) is 11.5. The van der Waals surface area contributed by atoms with Crippen LogP contribution in [0.5, 0.6) is 0 Å². The Bertz CT molecular complexity index is 1370.